The van der Waals surface area contributed by atoms with E-state index in [0.717, 1.165) is 32.3 Å². The fourth-order valence-corrected chi connectivity index (χ4v) is 5.15. The summed E-state index contributed by atoms with van der Waals surface area (Å²) in [6.07, 6.45) is 0. The SMILES string of the molecule is Cc1ccccc1C1NC(=O)c2cc(CBr)cc(NC(=O)c3nsc4ccccc34)c21. The van der Waals surface area contributed by atoms with E-state index in [0.29, 0.717) is 22.3 Å². The fraction of sp³-hybridized carbons (Fsp3) is 0.125. The Morgan fingerprint density at radius 1 is 1.16 bits per heavy atom. The third-order valence-corrected chi connectivity index (χ3v) is 7.02. The van der Waals surface area contributed by atoms with Crippen LogP contribution in [0.5, 0.6) is 0 Å². The fourth-order valence-electron chi connectivity index (χ4n) is 4.05. The molecule has 5 rings (SSSR count). The van der Waals surface area contributed by atoms with Crippen LogP contribution in [0, 0.1) is 6.92 Å². The Bertz CT molecular complexity index is 1350. The Morgan fingerprint density at radius 2 is 1.94 bits per heavy atom. The van der Waals surface area contributed by atoms with E-state index in [1.165, 1.54) is 11.5 Å². The van der Waals surface area contributed by atoms with Crippen LogP contribution >= 0.6 is 27.5 Å². The van der Waals surface area contributed by atoms with Crippen LogP contribution in [0.4, 0.5) is 5.69 Å². The van der Waals surface area contributed by atoms with Gasteiger partial charge >= 0.3 is 0 Å². The zero-order valence-corrected chi connectivity index (χ0v) is 19.0. The average molecular weight is 492 g/mol. The van der Waals surface area contributed by atoms with Crippen molar-refractivity contribution in [1.82, 2.24) is 9.69 Å². The minimum atomic E-state index is -0.324. The molecule has 0 radical (unpaired) electrons. The number of benzene rings is 3. The highest BCUT2D eigenvalue weighted by Crippen LogP contribution is 2.39. The van der Waals surface area contributed by atoms with E-state index in [2.05, 4.69) is 30.9 Å². The van der Waals surface area contributed by atoms with E-state index in [-0.39, 0.29) is 17.9 Å². The molecule has 0 saturated heterocycles. The van der Waals surface area contributed by atoms with Gasteiger partial charge in [0, 0.05) is 27.5 Å². The summed E-state index contributed by atoms with van der Waals surface area (Å²) < 4.78 is 5.33. The van der Waals surface area contributed by atoms with Gasteiger partial charge < -0.3 is 10.6 Å². The van der Waals surface area contributed by atoms with Crippen LogP contribution in [0.25, 0.3) is 10.1 Å². The van der Waals surface area contributed by atoms with Gasteiger partial charge in [-0.1, -0.05) is 58.4 Å². The topological polar surface area (TPSA) is 71.1 Å². The first-order valence-electron chi connectivity index (χ1n) is 9.81. The van der Waals surface area contributed by atoms with E-state index >= 15 is 0 Å². The molecule has 0 spiro atoms. The van der Waals surface area contributed by atoms with Gasteiger partial charge in [0.05, 0.1) is 10.7 Å². The molecule has 1 aliphatic heterocycles. The number of rotatable bonds is 4. The number of nitrogens with zero attached hydrogens (tertiary/aromatic N) is 1. The monoisotopic (exact) mass is 491 g/mol. The Hall–Kier alpha value is -3.03. The van der Waals surface area contributed by atoms with Crippen LogP contribution < -0.4 is 10.6 Å². The van der Waals surface area contributed by atoms with Crippen molar-refractivity contribution >= 4 is 55.1 Å². The van der Waals surface area contributed by atoms with Crippen molar-refractivity contribution < 1.29 is 9.59 Å². The lowest BCUT2D eigenvalue weighted by molar-refractivity contribution is 0.0959. The number of nitrogens with one attached hydrogen (secondary N) is 2. The molecule has 31 heavy (non-hydrogen) atoms. The summed E-state index contributed by atoms with van der Waals surface area (Å²) in [5.41, 5.74) is 5.39. The molecule has 7 heteroatoms. The third-order valence-electron chi connectivity index (χ3n) is 5.54. The Labute approximate surface area is 191 Å². The van der Waals surface area contributed by atoms with Gasteiger partial charge in [-0.15, -0.1) is 0 Å². The number of carbonyl (C=O) groups is 2. The molecule has 0 saturated carbocycles. The second-order valence-electron chi connectivity index (χ2n) is 7.48. The van der Waals surface area contributed by atoms with Crippen LogP contribution in [-0.4, -0.2) is 16.2 Å². The van der Waals surface area contributed by atoms with Gasteiger partial charge in [-0.25, -0.2) is 0 Å². The van der Waals surface area contributed by atoms with E-state index in [9.17, 15) is 9.59 Å². The standard InChI is InChI=1S/C24H18BrN3O2S/c1-13-6-2-3-7-15(13)21-20-17(23(29)27-21)10-14(12-25)11-18(20)26-24(30)22-16-8-4-5-9-19(16)31-28-22/h2-11,21H,12H2,1H3,(H,26,30)(H,27,29). The van der Waals surface area contributed by atoms with Crippen LogP contribution in [0.2, 0.25) is 0 Å². The molecular formula is C24H18BrN3O2S. The number of anilines is 1. The summed E-state index contributed by atoms with van der Waals surface area (Å²) in [5, 5.41) is 7.53. The summed E-state index contributed by atoms with van der Waals surface area (Å²) in [4.78, 5) is 26.0. The highest BCUT2D eigenvalue weighted by Gasteiger charge is 2.34. The Morgan fingerprint density at radius 3 is 2.74 bits per heavy atom. The summed E-state index contributed by atoms with van der Waals surface area (Å²) in [6.45, 7) is 2.02. The molecule has 0 bridgehead atoms. The number of aryl methyl sites for hydroxylation is 1. The largest absolute Gasteiger partial charge is 0.341 e. The Kier molecular flexibility index (Phi) is 5.08. The highest BCUT2D eigenvalue weighted by atomic mass is 79.9. The van der Waals surface area contributed by atoms with Gasteiger partial charge in [-0.3, -0.25) is 9.59 Å². The zero-order chi connectivity index (χ0) is 21.5. The van der Waals surface area contributed by atoms with Crippen molar-refractivity contribution in [1.29, 1.82) is 0 Å². The maximum Gasteiger partial charge on any atom is 0.276 e. The minimum Gasteiger partial charge on any atom is -0.341 e. The third kappa shape index (κ3) is 3.43. The summed E-state index contributed by atoms with van der Waals surface area (Å²) >= 11 is 4.77. The lowest BCUT2D eigenvalue weighted by atomic mass is 9.92. The molecule has 1 aliphatic rings. The molecule has 1 atom stereocenters. The number of hydrogen-bond donors (Lipinski definition) is 2. The van der Waals surface area contributed by atoms with Crippen LogP contribution in [0.15, 0.2) is 60.7 Å². The predicted molar refractivity (Wildman–Crippen MR) is 127 cm³/mol. The van der Waals surface area contributed by atoms with Gasteiger partial charge in [-0.2, -0.15) is 4.37 Å². The molecule has 154 valence electrons. The number of halogens is 1. The van der Waals surface area contributed by atoms with E-state index in [4.69, 9.17) is 0 Å². The van der Waals surface area contributed by atoms with Gasteiger partial charge in [0.25, 0.3) is 11.8 Å². The van der Waals surface area contributed by atoms with Gasteiger partial charge in [-0.05, 0) is 53.3 Å². The molecule has 2 N–H and O–H groups in total. The number of carbonyl (C=O) groups excluding carboxylic acids is 2. The maximum atomic E-state index is 13.2. The second kappa shape index (κ2) is 7.90. The molecular weight excluding hydrogens is 474 g/mol. The van der Waals surface area contributed by atoms with Crippen molar-refractivity contribution in [2.45, 2.75) is 18.3 Å². The molecule has 2 heterocycles. The van der Waals surface area contributed by atoms with Crippen LogP contribution in [-0.2, 0) is 5.33 Å². The van der Waals surface area contributed by atoms with Crippen LogP contribution in [0.1, 0.15) is 49.1 Å². The Balaban J connectivity index is 1.61. The average Bonchev–Trinajstić information content (AvgIpc) is 3.35. The second-order valence-corrected chi connectivity index (χ2v) is 8.85. The van der Waals surface area contributed by atoms with E-state index in [1.54, 1.807) is 0 Å². The molecule has 4 aromatic rings. The molecule has 1 unspecified atom stereocenters. The van der Waals surface area contributed by atoms with Crippen molar-refractivity contribution in [2.24, 2.45) is 0 Å². The summed E-state index contributed by atoms with van der Waals surface area (Å²) in [7, 11) is 0. The first-order valence-corrected chi connectivity index (χ1v) is 11.7. The molecule has 1 aromatic heterocycles. The van der Waals surface area contributed by atoms with Crippen molar-refractivity contribution in [2.75, 3.05) is 5.32 Å². The molecule has 5 nitrogen and oxygen atoms in total. The summed E-state index contributed by atoms with van der Waals surface area (Å²) in [6, 6.07) is 19.1. The van der Waals surface area contributed by atoms with Gasteiger partial charge in [0.1, 0.15) is 5.69 Å². The van der Waals surface area contributed by atoms with Crippen molar-refractivity contribution in [3.63, 3.8) is 0 Å². The highest BCUT2D eigenvalue weighted by molar-refractivity contribution is 9.08. The number of amides is 2. The molecule has 0 aliphatic carbocycles. The lowest BCUT2D eigenvalue weighted by Crippen LogP contribution is -2.21. The minimum absolute atomic E-state index is 0.138. The van der Waals surface area contributed by atoms with Gasteiger partial charge in [0.2, 0.25) is 0 Å². The van der Waals surface area contributed by atoms with Crippen molar-refractivity contribution in [3.8, 4) is 0 Å². The number of aromatic nitrogens is 1. The van der Waals surface area contributed by atoms with Crippen molar-refractivity contribution in [3.05, 3.63) is 94.2 Å². The first kappa shape index (κ1) is 19.9. The molecule has 2 amide bonds. The van der Waals surface area contributed by atoms with E-state index in [1.807, 2.05) is 67.6 Å². The molecule has 0 fully saturated rings. The predicted octanol–water partition coefficient (Wildman–Crippen LogP) is 5.58. The van der Waals surface area contributed by atoms with E-state index < -0.39 is 0 Å². The number of fused-ring (bicyclic) bond motifs is 2. The number of alkyl halides is 1. The smallest absolute Gasteiger partial charge is 0.276 e. The zero-order valence-electron chi connectivity index (χ0n) is 16.6. The lowest BCUT2D eigenvalue weighted by Gasteiger charge is -2.19. The summed E-state index contributed by atoms with van der Waals surface area (Å²) in [5.74, 6) is -0.421. The first-order chi connectivity index (χ1) is 15.1. The van der Waals surface area contributed by atoms with Gasteiger partial charge in [0.15, 0.2) is 0 Å². The van der Waals surface area contributed by atoms with Crippen LogP contribution in [0.3, 0.4) is 0 Å². The number of hydrogen-bond acceptors (Lipinski definition) is 4. The molecule has 3 aromatic carbocycles. The quantitative estimate of drug-likeness (QED) is 0.365. The maximum absolute atomic E-state index is 13.2. The normalized spacial score (nSPS) is 15.0.